The summed E-state index contributed by atoms with van der Waals surface area (Å²) in [7, 11) is 0. The second-order valence-electron chi connectivity index (χ2n) is 4.51. The molecule has 1 aliphatic carbocycles. The molecule has 2 N–H and O–H groups in total. The minimum absolute atomic E-state index is 0.00338. The van der Waals surface area contributed by atoms with Crippen LogP contribution >= 0.6 is 0 Å². The molecule has 4 nitrogen and oxygen atoms in total. The Labute approximate surface area is 83.4 Å². The van der Waals surface area contributed by atoms with Gasteiger partial charge in [0.05, 0.1) is 6.54 Å². The smallest absolute Gasteiger partial charge is 0.246 e. The molecule has 0 aromatic rings. The van der Waals surface area contributed by atoms with E-state index in [0.29, 0.717) is 5.92 Å². The summed E-state index contributed by atoms with van der Waals surface area (Å²) in [5.74, 6) is 0.468. The van der Waals surface area contributed by atoms with Crippen molar-refractivity contribution >= 4 is 11.8 Å². The Bertz CT molecular complexity index is 277. The van der Waals surface area contributed by atoms with Gasteiger partial charge in [0.1, 0.15) is 5.54 Å². The first-order chi connectivity index (χ1) is 6.62. The summed E-state index contributed by atoms with van der Waals surface area (Å²) < 4.78 is 0. The maximum Gasteiger partial charge on any atom is 0.246 e. The molecule has 2 fully saturated rings. The Morgan fingerprint density at radius 1 is 1.43 bits per heavy atom. The molecule has 1 saturated carbocycles. The minimum atomic E-state index is -0.590. The largest absolute Gasteiger partial charge is 0.345 e. The predicted octanol–water partition coefficient (Wildman–Crippen LogP) is 0.181. The lowest BCUT2D eigenvalue weighted by Crippen LogP contribution is -2.66. The van der Waals surface area contributed by atoms with Crippen LogP contribution in [0, 0.1) is 5.92 Å². The van der Waals surface area contributed by atoms with Crippen LogP contribution in [0.2, 0.25) is 0 Å². The molecule has 4 heteroatoms. The van der Waals surface area contributed by atoms with Crippen molar-refractivity contribution < 1.29 is 9.59 Å². The van der Waals surface area contributed by atoms with Crippen LogP contribution in [-0.4, -0.2) is 23.9 Å². The van der Waals surface area contributed by atoms with Gasteiger partial charge in [-0.2, -0.15) is 0 Å². The Morgan fingerprint density at radius 3 is 2.93 bits per heavy atom. The van der Waals surface area contributed by atoms with Crippen LogP contribution in [-0.2, 0) is 9.59 Å². The summed E-state index contributed by atoms with van der Waals surface area (Å²) in [6, 6.07) is 0. The summed E-state index contributed by atoms with van der Waals surface area (Å²) >= 11 is 0. The molecule has 0 radical (unpaired) electrons. The van der Waals surface area contributed by atoms with E-state index in [1.807, 2.05) is 0 Å². The highest BCUT2D eigenvalue weighted by molar-refractivity contribution is 5.97. The first kappa shape index (κ1) is 9.49. The number of hydrogen-bond acceptors (Lipinski definition) is 2. The van der Waals surface area contributed by atoms with E-state index >= 15 is 0 Å². The van der Waals surface area contributed by atoms with E-state index < -0.39 is 5.54 Å². The Morgan fingerprint density at radius 2 is 2.21 bits per heavy atom. The van der Waals surface area contributed by atoms with Gasteiger partial charge in [0.25, 0.3) is 0 Å². The fraction of sp³-hybridized carbons (Fsp3) is 0.800. The second kappa shape index (κ2) is 3.26. The van der Waals surface area contributed by atoms with E-state index in [2.05, 4.69) is 17.6 Å². The van der Waals surface area contributed by atoms with Gasteiger partial charge in [-0.05, 0) is 18.8 Å². The van der Waals surface area contributed by atoms with Crippen molar-refractivity contribution in [1.82, 2.24) is 10.6 Å². The quantitative estimate of drug-likeness (QED) is 0.580. The minimum Gasteiger partial charge on any atom is -0.345 e. The van der Waals surface area contributed by atoms with Gasteiger partial charge < -0.3 is 10.6 Å². The number of carbonyl (C=O) groups excluding carboxylic acids is 2. The van der Waals surface area contributed by atoms with E-state index in [9.17, 15) is 9.59 Å². The number of rotatable bonds is 0. The van der Waals surface area contributed by atoms with Gasteiger partial charge in [-0.1, -0.05) is 19.8 Å². The van der Waals surface area contributed by atoms with Gasteiger partial charge in [0.2, 0.25) is 11.8 Å². The number of piperazine rings is 1. The normalized spacial score (nSPS) is 37.9. The standard InChI is InChI=1S/C10H16N2O2/c1-7-3-2-4-10(5-7)9(14)11-6-8(13)12-10/h7H,2-6H2,1H3,(H,11,14)(H,12,13). The highest BCUT2D eigenvalue weighted by Crippen LogP contribution is 2.33. The van der Waals surface area contributed by atoms with Crippen molar-refractivity contribution in [2.75, 3.05) is 6.54 Å². The van der Waals surface area contributed by atoms with E-state index in [1.54, 1.807) is 0 Å². The lowest BCUT2D eigenvalue weighted by molar-refractivity contribution is -0.140. The summed E-state index contributed by atoms with van der Waals surface area (Å²) in [6.45, 7) is 2.27. The van der Waals surface area contributed by atoms with E-state index in [-0.39, 0.29) is 18.4 Å². The Kier molecular flexibility index (Phi) is 2.21. The molecule has 0 aromatic heterocycles. The maximum absolute atomic E-state index is 11.7. The second-order valence-corrected chi connectivity index (χ2v) is 4.51. The van der Waals surface area contributed by atoms with Crippen LogP contribution in [0.15, 0.2) is 0 Å². The summed E-state index contributed by atoms with van der Waals surface area (Å²) in [5, 5.41) is 5.52. The van der Waals surface area contributed by atoms with E-state index in [4.69, 9.17) is 0 Å². The van der Waals surface area contributed by atoms with Crippen molar-refractivity contribution in [2.24, 2.45) is 5.92 Å². The maximum atomic E-state index is 11.7. The first-order valence-corrected chi connectivity index (χ1v) is 5.22. The van der Waals surface area contributed by atoms with Crippen LogP contribution in [0.4, 0.5) is 0 Å². The van der Waals surface area contributed by atoms with Gasteiger partial charge in [0.15, 0.2) is 0 Å². The summed E-state index contributed by atoms with van der Waals surface area (Å²) in [6.07, 6.45) is 3.75. The molecule has 2 aliphatic rings. The topological polar surface area (TPSA) is 58.2 Å². The average Bonchev–Trinajstić information content (AvgIpc) is 2.12. The average molecular weight is 196 g/mol. The molecule has 2 unspecified atom stereocenters. The highest BCUT2D eigenvalue weighted by Gasteiger charge is 2.45. The van der Waals surface area contributed by atoms with Gasteiger partial charge in [0, 0.05) is 0 Å². The van der Waals surface area contributed by atoms with Crippen LogP contribution < -0.4 is 10.6 Å². The van der Waals surface area contributed by atoms with Crippen molar-refractivity contribution in [2.45, 2.75) is 38.1 Å². The fourth-order valence-electron chi connectivity index (χ4n) is 2.57. The SMILES string of the molecule is CC1CCCC2(C1)NC(=O)CNC2=O. The lowest BCUT2D eigenvalue weighted by Gasteiger charge is -2.41. The first-order valence-electron chi connectivity index (χ1n) is 5.22. The number of amides is 2. The molecular formula is C10H16N2O2. The van der Waals surface area contributed by atoms with Crippen LogP contribution in [0.5, 0.6) is 0 Å². The molecule has 0 aromatic carbocycles. The van der Waals surface area contributed by atoms with Gasteiger partial charge in [-0.3, -0.25) is 9.59 Å². The van der Waals surface area contributed by atoms with Crippen LogP contribution in [0.25, 0.3) is 0 Å². The van der Waals surface area contributed by atoms with Gasteiger partial charge in [-0.25, -0.2) is 0 Å². The van der Waals surface area contributed by atoms with Crippen LogP contribution in [0.3, 0.4) is 0 Å². The third-order valence-corrected chi connectivity index (χ3v) is 3.22. The fourth-order valence-corrected chi connectivity index (χ4v) is 2.57. The third-order valence-electron chi connectivity index (χ3n) is 3.22. The Balaban J connectivity index is 2.18. The molecule has 2 amide bonds. The van der Waals surface area contributed by atoms with Crippen molar-refractivity contribution in [3.63, 3.8) is 0 Å². The summed E-state index contributed by atoms with van der Waals surface area (Å²) in [4.78, 5) is 23.0. The van der Waals surface area contributed by atoms with Gasteiger partial charge in [-0.15, -0.1) is 0 Å². The highest BCUT2D eigenvalue weighted by atomic mass is 16.2. The predicted molar refractivity (Wildman–Crippen MR) is 51.5 cm³/mol. The monoisotopic (exact) mass is 196 g/mol. The van der Waals surface area contributed by atoms with Crippen molar-refractivity contribution in [3.8, 4) is 0 Å². The molecule has 0 bridgehead atoms. The number of nitrogens with one attached hydrogen (secondary N) is 2. The van der Waals surface area contributed by atoms with Crippen molar-refractivity contribution in [1.29, 1.82) is 0 Å². The molecule has 1 saturated heterocycles. The Hall–Kier alpha value is -1.06. The zero-order valence-electron chi connectivity index (χ0n) is 8.43. The van der Waals surface area contributed by atoms with E-state index in [1.165, 1.54) is 0 Å². The molecular weight excluding hydrogens is 180 g/mol. The lowest BCUT2D eigenvalue weighted by atomic mass is 9.75. The molecule has 1 aliphatic heterocycles. The molecule has 2 atom stereocenters. The zero-order chi connectivity index (χ0) is 10.2. The van der Waals surface area contributed by atoms with E-state index in [0.717, 1.165) is 25.7 Å². The molecule has 14 heavy (non-hydrogen) atoms. The number of hydrogen-bond donors (Lipinski definition) is 2. The van der Waals surface area contributed by atoms with Crippen molar-refractivity contribution in [3.05, 3.63) is 0 Å². The molecule has 1 heterocycles. The third kappa shape index (κ3) is 1.49. The molecule has 78 valence electrons. The van der Waals surface area contributed by atoms with Gasteiger partial charge >= 0.3 is 0 Å². The molecule has 2 rings (SSSR count). The molecule has 1 spiro atoms. The number of carbonyl (C=O) groups is 2. The zero-order valence-corrected chi connectivity index (χ0v) is 8.43. The summed E-state index contributed by atoms with van der Waals surface area (Å²) in [5.41, 5.74) is -0.590. The van der Waals surface area contributed by atoms with Crippen LogP contribution in [0.1, 0.15) is 32.6 Å².